The summed E-state index contributed by atoms with van der Waals surface area (Å²) in [5.41, 5.74) is 0.921. The van der Waals surface area contributed by atoms with Crippen molar-refractivity contribution in [3.05, 3.63) is 30.1 Å². The van der Waals surface area contributed by atoms with Gasteiger partial charge in [-0.05, 0) is 18.1 Å². The van der Waals surface area contributed by atoms with E-state index in [1.807, 2.05) is 18.2 Å². The van der Waals surface area contributed by atoms with Gasteiger partial charge in [0, 0.05) is 25.5 Å². The SMILES string of the molecule is N#CCCN(Cc1cccnc1)C(=O)C1CC1(Cl)Cl. The fourth-order valence-corrected chi connectivity index (χ4v) is 2.36. The molecule has 0 bridgehead atoms. The van der Waals surface area contributed by atoms with Gasteiger partial charge in [0.2, 0.25) is 5.91 Å². The van der Waals surface area contributed by atoms with Crippen molar-refractivity contribution in [2.45, 2.75) is 23.7 Å². The van der Waals surface area contributed by atoms with Crippen LogP contribution in [-0.2, 0) is 11.3 Å². The third-order valence-electron chi connectivity index (χ3n) is 3.03. The molecule has 0 radical (unpaired) electrons. The van der Waals surface area contributed by atoms with Gasteiger partial charge in [-0.3, -0.25) is 9.78 Å². The molecule has 1 amide bonds. The van der Waals surface area contributed by atoms with Crippen molar-refractivity contribution >= 4 is 29.1 Å². The van der Waals surface area contributed by atoms with Crippen molar-refractivity contribution in [3.63, 3.8) is 0 Å². The Balaban J connectivity index is 2.04. The van der Waals surface area contributed by atoms with E-state index in [0.29, 0.717) is 19.5 Å². The van der Waals surface area contributed by atoms with Gasteiger partial charge in [-0.15, -0.1) is 23.2 Å². The Bertz CT molecular complexity index is 498. The van der Waals surface area contributed by atoms with Crippen LogP contribution in [0.15, 0.2) is 24.5 Å². The maximum atomic E-state index is 12.3. The third-order valence-corrected chi connectivity index (χ3v) is 3.86. The molecular weight excluding hydrogens is 285 g/mol. The van der Waals surface area contributed by atoms with Crippen molar-refractivity contribution in [3.8, 4) is 6.07 Å². The maximum Gasteiger partial charge on any atom is 0.229 e. The molecular formula is C13H13Cl2N3O. The third kappa shape index (κ3) is 3.59. The Morgan fingerprint density at radius 2 is 2.37 bits per heavy atom. The summed E-state index contributed by atoms with van der Waals surface area (Å²) < 4.78 is -0.934. The van der Waals surface area contributed by atoms with Crippen LogP contribution in [0.25, 0.3) is 0 Å². The van der Waals surface area contributed by atoms with Gasteiger partial charge in [0.1, 0.15) is 4.33 Å². The van der Waals surface area contributed by atoms with Crippen LogP contribution in [0.4, 0.5) is 0 Å². The quantitative estimate of drug-likeness (QED) is 0.785. The minimum Gasteiger partial charge on any atom is -0.337 e. The number of aromatic nitrogens is 1. The minimum atomic E-state index is -0.934. The van der Waals surface area contributed by atoms with Crippen molar-refractivity contribution in [1.82, 2.24) is 9.88 Å². The van der Waals surface area contributed by atoms with Crippen LogP contribution in [0.5, 0.6) is 0 Å². The first kappa shape index (κ1) is 14.1. The van der Waals surface area contributed by atoms with Crippen molar-refractivity contribution in [2.24, 2.45) is 5.92 Å². The number of halogens is 2. The largest absolute Gasteiger partial charge is 0.337 e. The highest BCUT2D eigenvalue weighted by Gasteiger charge is 2.57. The van der Waals surface area contributed by atoms with Gasteiger partial charge in [0.25, 0.3) is 0 Å². The fourth-order valence-electron chi connectivity index (χ4n) is 1.87. The molecule has 6 heteroatoms. The number of pyridine rings is 1. The smallest absolute Gasteiger partial charge is 0.229 e. The summed E-state index contributed by atoms with van der Waals surface area (Å²) in [6.45, 7) is 0.805. The lowest BCUT2D eigenvalue weighted by atomic mass is 10.2. The van der Waals surface area contributed by atoms with Gasteiger partial charge < -0.3 is 4.90 Å². The topological polar surface area (TPSA) is 57.0 Å². The predicted octanol–water partition coefficient (Wildman–Crippen LogP) is 2.52. The van der Waals surface area contributed by atoms with Crippen molar-refractivity contribution < 1.29 is 4.79 Å². The molecule has 0 aromatic carbocycles. The van der Waals surface area contributed by atoms with Crippen LogP contribution in [-0.4, -0.2) is 26.7 Å². The first-order valence-electron chi connectivity index (χ1n) is 5.97. The second-order valence-electron chi connectivity index (χ2n) is 4.55. The van der Waals surface area contributed by atoms with Crippen LogP contribution in [0.3, 0.4) is 0 Å². The zero-order chi connectivity index (χ0) is 13.9. The van der Waals surface area contributed by atoms with E-state index in [0.717, 1.165) is 5.56 Å². The molecule has 0 N–H and O–H groups in total. The summed E-state index contributed by atoms with van der Waals surface area (Å²) in [6, 6.07) is 5.75. The molecule has 19 heavy (non-hydrogen) atoms. The molecule has 1 aromatic heterocycles. The number of nitriles is 1. The van der Waals surface area contributed by atoms with Crippen LogP contribution < -0.4 is 0 Å². The van der Waals surface area contributed by atoms with Crippen molar-refractivity contribution in [1.29, 1.82) is 5.26 Å². The number of hydrogen-bond acceptors (Lipinski definition) is 3. The first-order valence-corrected chi connectivity index (χ1v) is 6.72. The molecule has 1 unspecified atom stereocenters. The highest BCUT2D eigenvalue weighted by Crippen LogP contribution is 2.54. The number of nitrogens with zero attached hydrogens (tertiary/aromatic N) is 3. The molecule has 2 rings (SSSR count). The molecule has 0 aliphatic heterocycles. The molecule has 1 aromatic rings. The lowest BCUT2D eigenvalue weighted by molar-refractivity contribution is -0.133. The summed E-state index contributed by atoms with van der Waals surface area (Å²) in [7, 11) is 0. The predicted molar refractivity (Wildman–Crippen MR) is 72.4 cm³/mol. The van der Waals surface area contributed by atoms with E-state index in [9.17, 15) is 4.79 Å². The summed E-state index contributed by atoms with van der Waals surface area (Å²) in [5, 5.41) is 8.67. The molecule has 4 nitrogen and oxygen atoms in total. The second kappa shape index (κ2) is 5.77. The lowest BCUT2D eigenvalue weighted by Crippen LogP contribution is -2.33. The molecule has 0 saturated heterocycles. The molecule has 1 saturated carbocycles. The molecule has 1 fully saturated rings. The van der Waals surface area contributed by atoms with Crippen LogP contribution in [0.1, 0.15) is 18.4 Å². The summed E-state index contributed by atoms with van der Waals surface area (Å²) in [5.74, 6) is -0.449. The van der Waals surface area contributed by atoms with Crippen LogP contribution in [0, 0.1) is 17.2 Å². The van der Waals surface area contributed by atoms with Crippen molar-refractivity contribution in [2.75, 3.05) is 6.54 Å². The second-order valence-corrected chi connectivity index (χ2v) is 6.09. The van der Waals surface area contributed by atoms with Crippen LogP contribution >= 0.6 is 23.2 Å². The van der Waals surface area contributed by atoms with Gasteiger partial charge in [0.15, 0.2) is 0 Å². The summed E-state index contributed by atoms with van der Waals surface area (Å²) in [4.78, 5) is 17.9. The van der Waals surface area contributed by atoms with E-state index in [-0.39, 0.29) is 18.2 Å². The zero-order valence-electron chi connectivity index (χ0n) is 10.2. The summed E-state index contributed by atoms with van der Waals surface area (Å²) >= 11 is 11.8. The molecule has 0 spiro atoms. The molecule has 1 aliphatic carbocycles. The zero-order valence-corrected chi connectivity index (χ0v) is 11.7. The normalized spacial score (nSPS) is 19.5. The highest BCUT2D eigenvalue weighted by atomic mass is 35.5. The lowest BCUT2D eigenvalue weighted by Gasteiger charge is -2.22. The highest BCUT2D eigenvalue weighted by molar-refractivity contribution is 6.52. The van der Waals surface area contributed by atoms with Gasteiger partial charge in [-0.1, -0.05) is 6.07 Å². The Hall–Kier alpha value is -1.31. The Morgan fingerprint density at radius 1 is 1.63 bits per heavy atom. The number of amides is 1. The van der Waals surface area contributed by atoms with Gasteiger partial charge in [-0.25, -0.2) is 0 Å². The molecule has 1 heterocycles. The average Bonchev–Trinajstić information content (AvgIpc) is 3.04. The Morgan fingerprint density at radius 3 is 2.89 bits per heavy atom. The first-order chi connectivity index (χ1) is 9.04. The Labute approximate surface area is 121 Å². The standard InChI is InChI=1S/C13H13Cl2N3O/c14-13(15)7-11(13)12(19)18(6-2-4-16)9-10-3-1-5-17-8-10/h1,3,5,8,11H,2,6-7,9H2. The van der Waals surface area contributed by atoms with E-state index >= 15 is 0 Å². The molecule has 1 aliphatic rings. The van der Waals surface area contributed by atoms with E-state index in [1.54, 1.807) is 17.3 Å². The average molecular weight is 298 g/mol. The van der Waals surface area contributed by atoms with E-state index < -0.39 is 4.33 Å². The number of carbonyl (C=O) groups excluding carboxylic acids is 1. The van der Waals surface area contributed by atoms with E-state index in [1.165, 1.54) is 0 Å². The maximum absolute atomic E-state index is 12.3. The number of carbonyl (C=O) groups is 1. The fraction of sp³-hybridized carbons (Fsp3) is 0.462. The molecule has 100 valence electrons. The van der Waals surface area contributed by atoms with E-state index in [2.05, 4.69) is 4.98 Å². The van der Waals surface area contributed by atoms with Gasteiger partial charge in [-0.2, -0.15) is 5.26 Å². The Kier molecular flexibility index (Phi) is 4.28. The number of alkyl halides is 2. The molecule has 1 atom stereocenters. The monoisotopic (exact) mass is 297 g/mol. The summed E-state index contributed by atoms with van der Waals surface area (Å²) in [6.07, 6.45) is 4.14. The number of hydrogen-bond donors (Lipinski definition) is 0. The van der Waals surface area contributed by atoms with Gasteiger partial charge >= 0.3 is 0 Å². The number of rotatable bonds is 5. The minimum absolute atomic E-state index is 0.0934. The van der Waals surface area contributed by atoms with Crippen LogP contribution in [0.2, 0.25) is 0 Å². The van der Waals surface area contributed by atoms with Gasteiger partial charge in [0.05, 0.1) is 18.4 Å². The van der Waals surface area contributed by atoms with E-state index in [4.69, 9.17) is 28.5 Å².